The van der Waals surface area contributed by atoms with Crippen LogP contribution in [0.3, 0.4) is 0 Å². The van der Waals surface area contributed by atoms with Gasteiger partial charge in [0.15, 0.2) is 0 Å². The zero-order valence-corrected chi connectivity index (χ0v) is 13.4. The van der Waals surface area contributed by atoms with Crippen LogP contribution in [-0.4, -0.2) is 35.4 Å². The number of pyridine rings is 1. The maximum Gasteiger partial charge on any atom is 0.0915 e. The summed E-state index contributed by atoms with van der Waals surface area (Å²) in [4.78, 5) is 3.98. The fourth-order valence-corrected chi connectivity index (χ4v) is 3.62. The molecule has 0 aromatic carbocycles. The molecule has 4 heteroatoms. The molecule has 1 aliphatic carbocycles. The molecule has 118 valence electrons. The van der Waals surface area contributed by atoms with E-state index < -0.39 is 6.10 Å². The number of nitrogens with one attached hydrogen (secondary N) is 1. The van der Waals surface area contributed by atoms with Crippen molar-refractivity contribution in [1.82, 2.24) is 10.3 Å². The first-order valence-corrected chi connectivity index (χ1v) is 8.10. The average Bonchev–Trinajstić information content (AvgIpc) is 2.52. The quantitative estimate of drug-likeness (QED) is 0.773. The van der Waals surface area contributed by atoms with Gasteiger partial charge >= 0.3 is 0 Å². The Kier molecular flexibility index (Phi) is 5.73. The Morgan fingerprint density at radius 1 is 1.33 bits per heavy atom. The van der Waals surface area contributed by atoms with Crippen LogP contribution in [0.1, 0.15) is 51.7 Å². The van der Waals surface area contributed by atoms with Crippen molar-refractivity contribution in [3.05, 3.63) is 30.1 Å². The van der Waals surface area contributed by atoms with Crippen LogP contribution in [-0.2, 0) is 4.74 Å². The van der Waals surface area contributed by atoms with Gasteiger partial charge in [0.25, 0.3) is 0 Å². The third kappa shape index (κ3) is 3.28. The minimum Gasteiger partial charge on any atom is -0.387 e. The number of hydrogen-bond donors (Lipinski definition) is 2. The average molecular weight is 292 g/mol. The predicted octanol–water partition coefficient (Wildman–Crippen LogP) is 2.69. The minimum atomic E-state index is -0.481. The van der Waals surface area contributed by atoms with Gasteiger partial charge in [0.05, 0.1) is 12.2 Å². The van der Waals surface area contributed by atoms with E-state index in [0.29, 0.717) is 18.7 Å². The maximum absolute atomic E-state index is 10.3. The Hall–Kier alpha value is -0.970. The molecule has 1 aromatic rings. The number of nitrogens with zero attached hydrogens (tertiary/aromatic N) is 1. The SMILES string of the molecule is CCOC1CC(NCC(O)c2ccncc2)C1(CC)CC. The lowest BCUT2D eigenvalue weighted by Crippen LogP contribution is -2.63. The van der Waals surface area contributed by atoms with Crippen molar-refractivity contribution in [3.63, 3.8) is 0 Å². The fraction of sp³-hybridized carbons (Fsp3) is 0.706. The molecule has 0 bridgehead atoms. The summed E-state index contributed by atoms with van der Waals surface area (Å²) in [6.07, 6.45) is 6.57. The van der Waals surface area contributed by atoms with Crippen LogP contribution in [0.2, 0.25) is 0 Å². The molecule has 0 aliphatic heterocycles. The van der Waals surface area contributed by atoms with Gasteiger partial charge < -0.3 is 15.2 Å². The van der Waals surface area contributed by atoms with Crippen molar-refractivity contribution >= 4 is 0 Å². The summed E-state index contributed by atoms with van der Waals surface area (Å²) in [5.41, 5.74) is 1.13. The monoisotopic (exact) mass is 292 g/mol. The third-order valence-corrected chi connectivity index (χ3v) is 5.12. The number of hydrogen-bond acceptors (Lipinski definition) is 4. The minimum absolute atomic E-state index is 0.216. The molecular weight excluding hydrogens is 264 g/mol. The van der Waals surface area contributed by atoms with Crippen molar-refractivity contribution in [2.24, 2.45) is 5.41 Å². The second-order valence-corrected chi connectivity index (χ2v) is 5.88. The highest BCUT2D eigenvalue weighted by Crippen LogP contribution is 2.48. The van der Waals surface area contributed by atoms with Crippen molar-refractivity contribution in [2.45, 2.75) is 58.3 Å². The summed E-state index contributed by atoms with van der Waals surface area (Å²) >= 11 is 0. The molecule has 21 heavy (non-hydrogen) atoms. The zero-order chi connectivity index (χ0) is 15.3. The van der Waals surface area contributed by atoms with Crippen LogP contribution < -0.4 is 5.32 Å². The second kappa shape index (κ2) is 7.34. The molecule has 0 spiro atoms. The molecule has 4 nitrogen and oxygen atoms in total. The summed E-state index contributed by atoms with van der Waals surface area (Å²) in [6, 6.07) is 4.16. The van der Waals surface area contributed by atoms with Gasteiger partial charge in [-0.05, 0) is 43.9 Å². The lowest BCUT2D eigenvalue weighted by molar-refractivity contribution is -0.139. The topological polar surface area (TPSA) is 54.4 Å². The normalized spacial score (nSPS) is 25.3. The van der Waals surface area contributed by atoms with E-state index in [2.05, 4.69) is 31.1 Å². The van der Waals surface area contributed by atoms with E-state index in [-0.39, 0.29) is 5.41 Å². The summed E-state index contributed by atoms with van der Waals surface area (Å²) in [7, 11) is 0. The van der Waals surface area contributed by atoms with Gasteiger partial charge in [0, 0.05) is 37.0 Å². The van der Waals surface area contributed by atoms with E-state index >= 15 is 0 Å². The van der Waals surface area contributed by atoms with Gasteiger partial charge in [0.1, 0.15) is 0 Å². The molecule has 3 unspecified atom stereocenters. The first-order valence-electron chi connectivity index (χ1n) is 8.10. The molecule has 1 fully saturated rings. The van der Waals surface area contributed by atoms with Crippen molar-refractivity contribution in [2.75, 3.05) is 13.2 Å². The highest BCUT2D eigenvalue weighted by molar-refractivity contribution is 5.14. The van der Waals surface area contributed by atoms with Crippen LogP contribution in [0, 0.1) is 5.41 Å². The molecule has 3 atom stereocenters. The van der Waals surface area contributed by atoms with Crippen LogP contribution in [0.25, 0.3) is 0 Å². The predicted molar refractivity (Wildman–Crippen MR) is 84.0 cm³/mol. The number of aromatic nitrogens is 1. The Balaban J connectivity index is 1.91. The summed E-state index contributed by atoms with van der Waals surface area (Å²) in [6.45, 7) is 7.89. The molecular formula is C17H28N2O2. The third-order valence-electron chi connectivity index (χ3n) is 5.12. The van der Waals surface area contributed by atoms with Gasteiger partial charge in [-0.1, -0.05) is 13.8 Å². The Labute approximate surface area is 127 Å². The molecule has 1 heterocycles. The maximum atomic E-state index is 10.3. The molecule has 2 rings (SSSR count). The van der Waals surface area contributed by atoms with E-state index in [1.165, 1.54) is 0 Å². The highest BCUT2D eigenvalue weighted by Gasteiger charge is 2.52. The van der Waals surface area contributed by atoms with Crippen molar-refractivity contribution in [1.29, 1.82) is 0 Å². The summed E-state index contributed by atoms with van der Waals surface area (Å²) < 4.78 is 5.89. The van der Waals surface area contributed by atoms with E-state index in [1.807, 2.05) is 12.1 Å². The molecule has 0 amide bonds. The lowest BCUT2D eigenvalue weighted by Gasteiger charge is -2.55. The van der Waals surface area contributed by atoms with Gasteiger partial charge in [-0.2, -0.15) is 0 Å². The molecule has 2 N–H and O–H groups in total. The largest absolute Gasteiger partial charge is 0.387 e. The first-order chi connectivity index (χ1) is 10.2. The fourth-order valence-electron chi connectivity index (χ4n) is 3.62. The first kappa shape index (κ1) is 16.4. The van der Waals surface area contributed by atoms with Gasteiger partial charge in [-0.25, -0.2) is 0 Å². The van der Waals surface area contributed by atoms with Crippen LogP contribution >= 0.6 is 0 Å². The van der Waals surface area contributed by atoms with E-state index in [9.17, 15) is 5.11 Å². The Bertz CT molecular complexity index is 420. The van der Waals surface area contributed by atoms with Crippen molar-refractivity contribution in [3.8, 4) is 0 Å². The molecule has 1 aliphatic rings. The van der Waals surface area contributed by atoms with E-state index in [4.69, 9.17) is 4.74 Å². The standard InChI is InChI=1S/C17H28N2O2/c1-4-17(5-2)15(11-16(17)21-6-3)19-12-14(20)13-7-9-18-10-8-13/h7-10,14-16,19-20H,4-6,11-12H2,1-3H3. The highest BCUT2D eigenvalue weighted by atomic mass is 16.5. The summed E-state index contributed by atoms with van der Waals surface area (Å²) in [5, 5.41) is 13.8. The van der Waals surface area contributed by atoms with Crippen LogP contribution in [0.4, 0.5) is 0 Å². The van der Waals surface area contributed by atoms with Gasteiger partial charge in [-0.3, -0.25) is 4.98 Å². The molecule has 1 aromatic heterocycles. The summed E-state index contributed by atoms with van der Waals surface area (Å²) in [5.74, 6) is 0. The zero-order valence-electron chi connectivity index (χ0n) is 13.4. The number of rotatable bonds is 8. The Morgan fingerprint density at radius 2 is 2.00 bits per heavy atom. The van der Waals surface area contributed by atoms with E-state index in [0.717, 1.165) is 31.4 Å². The van der Waals surface area contributed by atoms with Gasteiger partial charge in [0.2, 0.25) is 0 Å². The molecule has 0 saturated heterocycles. The molecule has 1 saturated carbocycles. The number of ether oxygens (including phenoxy) is 1. The smallest absolute Gasteiger partial charge is 0.0915 e. The van der Waals surface area contributed by atoms with Gasteiger partial charge in [-0.15, -0.1) is 0 Å². The van der Waals surface area contributed by atoms with Crippen molar-refractivity contribution < 1.29 is 9.84 Å². The Morgan fingerprint density at radius 3 is 2.57 bits per heavy atom. The molecule has 0 radical (unpaired) electrons. The van der Waals surface area contributed by atoms with Crippen LogP contribution in [0.5, 0.6) is 0 Å². The number of aliphatic hydroxyl groups is 1. The van der Waals surface area contributed by atoms with Crippen LogP contribution in [0.15, 0.2) is 24.5 Å². The van der Waals surface area contributed by atoms with E-state index in [1.54, 1.807) is 12.4 Å². The lowest BCUT2D eigenvalue weighted by atomic mass is 9.58. The number of aliphatic hydroxyl groups excluding tert-OH is 1. The second-order valence-electron chi connectivity index (χ2n) is 5.88.